The van der Waals surface area contributed by atoms with Crippen molar-refractivity contribution in [3.8, 4) is 0 Å². The molecule has 1 aromatic carbocycles. The van der Waals surface area contributed by atoms with Gasteiger partial charge in [-0.25, -0.2) is 4.39 Å². The molecule has 0 radical (unpaired) electrons. The quantitative estimate of drug-likeness (QED) is 0.790. The fraction of sp³-hybridized carbons (Fsp3) is 0.650. The summed E-state index contributed by atoms with van der Waals surface area (Å²) in [5, 5.41) is 0. The predicted molar refractivity (Wildman–Crippen MR) is 99.5 cm³/mol. The first kappa shape index (κ1) is 18.3. The van der Waals surface area contributed by atoms with Crippen molar-refractivity contribution < 1.29 is 9.18 Å². The Kier molecular flexibility index (Phi) is 6.43. The van der Waals surface area contributed by atoms with Crippen LogP contribution in [-0.4, -0.2) is 67.9 Å². The molecular weight excluding hydrogens is 317 g/mol. The number of carbonyl (C=O) groups is 1. The molecule has 0 aliphatic carbocycles. The van der Waals surface area contributed by atoms with Crippen LogP contribution in [-0.2, 0) is 4.79 Å². The highest BCUT2D eigenvalue weighted by atomic mass is 19.1. The molecule has 2 aliphatic rings. The first-order valence-corrected chi connectivity index (χ1v) is 9.55. The molecule has 0 unspecified atom stereocenters. The van der Waals surface area contributed by atoms with Gasteiger partial charge < -0.3 is 4.90 Å². The van der Waals surface area contributed by atoms with Gasteiger partial charge in [0.2, 0.25) is 0 Å². The average molecular weight is 347 g/mol. The number of hydrogen-bond donors (Lipinski definition) is 0. The molecule has 2 fully saturated rings. The number of nitrogens with zero attached hydrogens (tertiary/aromatic N) is 3. The highest BCUT2D eigenvalue weighted by molar-refractivity contribution is 5.77. The first-order chi connectivity index (χ1) is 12.1. The van der Waals surface area contributed by atoms with Crippen molar-refractivity contribution >= 4 is 11.5 Å². The third kappa shape index (κ3) is 5.51. The predicted octanol–water partition coefficient (Wildman–Crippen LogP) is 2.64. The molecule has 5 heteroatoms. The molecule has 1 aromatic rings. The summed E-state index contributed by atoms with van der Waals surface area (Å²) in [5.41, 5.74) is 1.12. The maximum atomic E-state index is 13.0. The van der Waals surface area contributed by atoms with Gasteiger partial charge in [0.1, 0.15) is 11.6 Å². The minimum Gasteiger partial charge on any atom is -0.369 e. The van der Waals surface area contributed by atoms with Crippen molar-refractivity contribution in [1.82, 2.24) is 9.80 Å². The lowest BCUT2D eigenvalue weighted by Gasteiger charge is -2.37. The number of anilines is 1. The second kappa shape index (κ2) is 8.77. The number of Topliss-reactive ketones (excluding diaryl/α,β-unsaturated/α-hetero) is 1. The summed E-state index contributed by atoms with van der Waals surface area (Å²) in [6.45, 7) is 9.82. The molecular formula is C20H30FN3O. The van der Waals surface area contributed by atoms with Crippen LogP contribution in [0.4, 0.5) is 10.1 Å². The van der Waals surface area contributed by atoms with Crippen LogP contribution in [0, 0.1) is 11.7 Å². The minimum absolute atomic E-state index is 0.170. The summed E-state index contributed by atoms with van der Waals surface area (Å²) >= 11 is 0. The monoisotopic (exact) mass is 347 g/mol. The van der Waals surface area contributed by atoms with Crippen LogP contribution in [0.1, 0.15) is 26.2 Å². The normalized spacial score (nSPS) is 20.8. The third-order valence-electron chi connectivity index (χ3n) is 5.57. The van der Waals surface area contributed by atoms with Gasteiger partial charge in [0.25, 0.3) is 0 Å². The van der Waals surface area contributed by atoms with Gasteiger partial charge in [0, 0.05) is 31.9 Å². The Balaban J connectivity index is 1.34. The van der Waals surface area contributed by atoms with Crippen LogP contribution in [0.25, 0.3) is 0 Å². The van der Waals surface area contributed by atoms with Crippen molar-refractivity contribution in [2.75, 3.05) is 57.3 Å². The lowest BCUT2D eigenvalue weighted by atomic mass is 9.93. The Morgan fingerprint density at radius 3 is 2.24 bits per heavy atom. The molecule has 0 spiro atoms. The molecule has 2 saturated heterocycles. The van der Waals surface area contributed by atoms with E-state index in [2.05, 4.69) is 14.7 Å². The number of halogens is 1. The van der Waals surface area contributed by atoms with Crippen LogP contribution in [0.2, 0.25) is 0 Å². The van der Waals surface area contributed by atoms with Gasteiger partial charge in [-0.2, -0.15) is 0 Å². The fourth-order valence-corrected chi connectivity index (χ4v) is 3.99. The molecule has 25 heavy (non-hydrogen) atoms. The Morgan fingerprint density at radius 2 is 1.64 bits per heavy atom. The van der Waals surface area contributed by atoms with Crippen LogP contribution in [0.5, 0.6) is 0 Å². The molecule has 0 saturated carbocycles. The SMILES string of the molecule is CC(=O)CN1CCC(CCN2CCN(c3ccc(F)cc3)CC2)CC1. The second-order valence-corrected chi connectivity index (χ2v) is 7.52. The molecule has 0 aromatic heterocycles. The lowest BCUT2D eigenvalue weighted by molar-refractivity contribution is -0.118. The van der Waals surface area contributed by atoms with Gasteiger partial charge in [0.15, 0.2) is 0 Å². The maximum absolute atomic E-state index is 13.0. The summed E-state index contributed by atoms with van der Waals surface area (Å²) < 4.78 is 13.0. The van der Waals surface area contributed by atoms with Crippen molar-refractivity contribution in [3.05, 3.63) is 30.1 Å². The lowest BCUT2D eigenvalue weighted by Crippen LogP contribution is -2.47. The number of rotatable bonds is 6. The highest BCUT2D eigenvalue weighted by Gasteiger charge is 2.22. The van der Waals surface area contributed by atoms with Gasteiger partial charge in [-0.15, -0.1) is 0 Å². The largest absolute Gasteiger partial charge is 0.369 e. The number of benzene rings is 1. The van der Waals surface area contributed by atoms with E-state index in [0.29, 0.717) is 6.54 Å². The van der Waals surface area contributed by atoms with E-state index in [9.17, 15) is 9.18 Å². The van der Waals surface area contributed by atoms with Crippen molar-refractivity contribution in [3.63, 3.8) is 0 Å². The zero-order chi connectivity index (χ0) is 17.6. The van der Waals surface area contributed by atoms with E-state index in [1.807, 2.05) is 12.1 Å². The topological polar surface area (TPSA) is 26.8 Å². The van der Waals surface area contributed by atoms with E-state index in [1.165, 1.54) is 25.8 Å². The van der Waals surface area contributed by atoms with E-state index in [-0.39, 0.29) is 11.6 Å². The number of ketones is 1. The number of piperazine rings is 1. The van der Waals surface area contributed by atoms with Gasteiger partial charge in [-0.05, 0) is 76.0 Å². The molecule has 2 aliphatic heterocycles. The van der Waals surface area contributed by atoms with Crippen molar-refractivity contribution in [2.45, 2.75) is 26.2 Å². The Hall–Kier alpha value is -1.46. The average Bonchev–Trinajstić information content (AvgIpc) is 2.62. The zero-order valence-electron chi connectivity index (χ0n) is 15.3. The summed E-state index contributed by atoms with van der Waals surface area (Å²) in [5.74, 6) is 0.910. The van der Waals surface area contributed by atoms with Gasteiger partial charge in [0.05, 0.1) is 6.54 Å². The van der Waals surface area contributed by atoms with Crippen molar-refractivity contribution in [2.24, 2.45) is 5.92 Å². The van der Waals surface area contributed by atoms with E-state index >= 15 is 0 Å². The van der Waals surface area contributed by atoms with Crippen molar-refractivity contribution in [1.29, 1.82) is 0 Å². The highest BCUT2D eigenvalue weighted by Crippen LogP contribution is 2.22. The Labute approximate surface area is 150 Å². The molecule has 138 valence electrons. The second-order valence-electron chi connectivity index (χ2n) is 7.52. The molecule has 0 atom stereocenters. The van der Waals surface area contributed by atoms with Gasteiger partial charge in [-0.3, -0.25) is 14.6 Å². The Bertz CT molecular complexity index is 547. The molecule has 0 N–H and O–H groups in total. The number of carbonyl (C=O) groups excluding carboxylic acids is 1. The number of piperidine rings is 1. The molecule has 0 bridgehead atoms. The third-order valence-corrected chi connectivity index (χ3v) is 5.57. The van der Waals surface area contributed by atoms with Crippen LogP contribution in [0.15, 0.2) is 24.3 Å². The summed E-state index contributed by atoms with van der Waals surface area (Å²) in [6, 6.07) is 6.83. The van der Waals surface area contributed by atoms with Crippen LogP contribution < -0.4 is 4.90 Å². The van der Waals surface area contributed by atoms with E-state index in [0.717, 1.165) is 50.9 Å². The molecule has 3 rings (SSSR count). The van der Waals surface area contributed by atoms with E-state index in [4.69, 9.17) is 0 Å². The summed E-state index contributed by atoms with van der Waals surface area (Å²) in [7, 11) is 0. The number of hydrogen-bond acceptors (Lipinski definition) is 4. The fourth-order valence-electron chi connectivity index (χ4n) is 3.99. The van der Waals surface area contributed by atoms with E-state index in [1.54, 1.807) is 19.1 Å². The minimum atomic E-state index is -0.170. The number of likely N-dealkylation sites (tertiary alicyclic amines) is 1. The molecule has 0 amide bonds. The maximum Gasteiger partial charge on any atom is 0.143 e. The van der Waals surface area contributed by atoms with Gasteiger partial charge >= 0.3 is 0 Å². The smallest absolute Gasteiger partial charge is 0.143 e. The summed E-state index contributed by atoms with van der Waals surface area (Å²) in [4.78, 5) is 18.4. The van der Waals surface area contributed by atoms with Gasteiger partial charge in [-0.1, -0.05) is 0 Å². The van der Waals surface area contributed by atoms with Crippen LogP contribution >= 0.6 is 0 Å². The standard InChI is InChI=1S/C20H30FN3O/c1-17(25)16-23-10-7-18(8-11-23)6-9-22-12-14-24(15-13-22)20-4-2-19(21)3-5-20/h2-5,18H,6-16H2,1H3. The molecule has 2 heterocycles. The zero-order valence-corrected chi connectivity index (χ0v) is 15.3. The summed E-state index contributed by atoms with van der Waals surface area (Å²) in [6.07, 6.45) is 3.72. The first-order valence-electron chi connectivity index (χ1n) is 9.55. The van der Waals surface area contributed by atoms with E-state index < -0.39 is 0 Å². The van der Waals surface area contributed by atoms with Crippen LogP contribution in [0.3, 0.4) is 0 Å². The molecule has 4 nitrogen and oxygen atoms in total. The Morgan fingerprint density at radius 1 is 1.00 bits per heavy atom.